The van der Waals surface area contributed by atoms with Crippen molar-refractivity contribution in [1.29, 1.82) is 0 Å². The maximum absolute atomic E-state index is 13.4. The molecule has 2 aromatic rings. The summed E-state index contributed by atoms with van der Waals surface area (Å²) in [5, 5.41) is 5.97. The van der Waals surface area contributed by atoms with E-state index >= 15 is 0 Å². The summed E-state index contributed by atoms with van der Waals surface area (Å²) in [6.45, 7) is 13.6. The highest BCUT2D eigenvalue weighted by Crippen LogP contribution is 2.56. The summed E-state index contributed by atoms with van der Waals surface area (Å²) in [5.74, 6) is -3.02. The molecule has 0 aromatic heterocycles. The minimum atomic E-state index is -3.12. The molecule has 0 radical (unpaired) electrons. The predicted molar refractivity (Wildman–Crippen MR) is 169 cm³/mol. The molecule has 2 aromatic carbocycles. The lowest BCUT2D eigenvalue weighted by Gasteiger charge is -2.55. The number of hydrogen-bond acceptors (Lipinski definition) is 9. The fraction of sp³-hybridized carbons (Fsp3) is 0.606. The Balaban J connectivity index is 1.73. The minimum absolute atomic E-state index is 0.0298. The van der Waals surface area contributed by atoms with Gasteiger partial charge in [-0.25, -0.2) is 0 Å². The Hall–Kier alpha value is -2.64. The molecule has 1 aliphatic carbocycles. The fourth-order valence-electron chi connectivity index (χ4n) is 7.48. The first kappa shape index (κ1) is 33.7. The lowest BCUT2D eigenvalue weighted by Crippen LogP contribution is -2.76. The first-order chi connectivity index (χ1) is 21.2. The molecule has 6 atom stereocenters. The van der Waals surface area contributed by atoms with Crippen molar-refractivity contribution < 1.29 is 37.6 Å². The summed E-state index contributed by atoms with van der Waals surface area (Å²) >= 11 is 0. The number of rotatable bonds is 10. The number of hydrogen-bond donors (Lipinski definition) is 0. The van der Waals surface area contributed by atoms with E-state index < -0.39 is 55.3 Å². The SMILES string of the molecule is COCO[C@@H]1[C@H](CO[Si](c2ccccc2)(c2ccccc2)C(C)(C)C)[C@@](C=O)(N=[N+]=[N-])[C@@H]2OC(C)(C)O[C@@H]2C12COC(C)(C)O2. The Bertz CT molecular complexity index is 1360. The number of aldehydes is 1. The average molecular weight is 640 g/mol. The zero-order chi connectivity index (χ0) is 32.7. The van der Waals surface area contributed by atoms with Crippen molar-refractivity contribution in [2.45, 2.75) is 94.5 Å². The van der Waals surface area contributed by atoms with Gasteiger partial charge in [0.2, 0.25) is 0 Å². The van der Waals surface area contributed by atoms with Gasteiger partial charge >= 0.3 is 0 Å². The second kappa shape index (κ2) is 12.2. The van der Waals surface area contributed by atoms with E-state index in [1.807, 2.05) is 50.2 Å². The van der Waals surface area contributed by atoms with E-state index in [0.717, 1.165) is 10.4 Å². The van der Waals surface area contributed by atoms with E-state index in [1.165, 1.54) is 7.11 Å². The number of fused-ring (bicyclic) bond motifs is 2. The van der Waals surface area contributed by atoms with Crippen molar-refractivity contribution in [3.8, 4) is 0 Å². The zero-order valence-corrected chi connectivity index (χ0v) is 28.4. The predicted octanol–water partition coefficient (Wildman–Crippen LogP) is 4.47. The van der Waals surface area contributed by atoms with E-state index in [2.05, 4.69) is 55.1 Å². The lowest BCUT2D eigenvalue weighted by molar-refractivity contribution is -0.274. The number of azide groups is 1. The summed E-state index contributed by atoms with van der Waals surface area (Å²) in [5.41, 5.74) is 6.92. The van der Waals surface area contributed by atoms with E-state index in [9.17, 15) is 10.3 Å². The Morgan fingerprint density at radius 3 is 2.02 bits per heavy atom. The second-order valence-corrected chi connectivity index (χ2v) is 18.3. The summed E-state index contributed by atoms with van der Waals surface area (Å²) in [7, 11) is -1.60. The largest absolute Gasteiger partial charge is 0.407 e. The third-order valence-electron chi connectivity index (χ3n) is 9.22. The van der Waals surface area contributed by atoms with Gasteiger partial charge in [0.25, 0.3) is 8.32 Å². The van der Waals surface area contributed by atoms with Gasteiger partial charge in [-0.05, 0) is 48.6 Å². The highest BCUT2D eigenvalue weighted by molar-refractivity contribution is 6.99. The van der Waals surface area contributed by atoms with Crippen LogP contribution in [0.1, 0.15) is 48.5 Å². The van der Waals surface area contributed by atoms with Gasteiger partial charge < -0.3 is 37.6 Å². The van der Waals surface area contributed by atoms with Gasteiger partial charge in [-0.2, -0.15) is 0 Å². The number of nitrogens with zero attached hydrogens (tertiary/aromatic N) is 3. The summed E-state index contributed by atoms with van der Waals surface area (Å²) < 4.78 is 45.0. The number of carbonyl (C=O) groups is 1. The highest BCUT2D eigenvalue weighted by atomic mass is 28.4. The van der Waals surface area contributed by atoms with Crippen molar-refractivity contribution in [2.75, 3.05) is 27.1 Å². The van der Waals surface area contributed by atoms with Gasteiger partial charge in [0, 0.05) is 24.5 Å². The molecule has 0 bridgehead atoms. The molecule has 1 saturated carbocycles. The van der Waals surface area contributed by atoms with Crippen LogP contribution in [0.3, 0.4) is 0 Å². The Kier molecular flexibility index (Phi) is 9.13. The average Bonchev–Trinajstić information content (AvgIpc) is 3.51. The first-order valence-electron chi connectivity index (χ1n) is 15.3. The van der Waals surface area contributed by atoms with Crippen molar-refractivity contribution in [1.82, 2.24) is 0 Å². The normalized spacial score (nSPS) is 32.2. The van der Waals surface area contributed by atoms with Crippen LogP contribution in [-0.2, 0) is 37.6 Å². The van der Waals surface area contributed by atoms with Crippen LogP contribution in [0.2, 0.25) is 5.04 Å². The van der Waals surface area contributed by atoms with Crippen LogP contribution in [-0.4, -0.2) is 82.7 Å². The second-order valence-electron chi connectivity index (χ2n) is 14.0. The molecule has 0 N–H and O–H groups in total. The van der Waals surface area contributed by atoms with Crippen molar-refractivity contribution >= 4 is 25.0 Å². The molecule has 2 aliphatic heterocycles. The van der Waals surface area contributed by atoms with Crippen LogP contribution in [0.4, 0.5) is 0 Å². The van der Waals surface area contributed by atoms with E-state index in [-0.39, 0.29) is 25.0 Å². The molecule has 11 nitrogen and oxygen atoms in total. The molecule has 2 heterocycles. The van der Waals surface area contributed by atoms with E-state index in [4.69, 9.17) is 32.8 Å². The summed E-state index contributed by atoms with van der Waals surface area (Å²) in [6.07, 6.45) is -2.16. The smallest absolute Gasteiger partial charge is 0.261 e. The highest BCUT2D eigenvalue weighted by Gasteiger charge is 2.75. The molecular formula is C33H45N3O8Si. The van der Waals surface area contributed by atoms with Gasteiger partial charge in [0.15, 0.2) is 17.2 Å². The zero-order valence-electron chi connectivity index (χ0n) is 27.4. The quantitative estimate of drug-likeness (QED) is 0.0930. The van der Waals surface area contributed by atoms with Crippen LogP contribution in [0.15, 0.2) is 65.8 Å². The van der Waals surface area contributed by atoms with Crippen molar-refractivity contribution in [3.05, 3.63) is 71.1 Å². The number of carbonyl (C=O) groups excluding carboxylic acids is 1. The number of ether oxygens (including phenoxy) is 6. The molecule has 0 amide bonds. The maximum Gasteiger partial charge on any atom is 0.261 e. The van der Waals surface area contributed by atoms with E-state index in [1.54, 1.807) is 13.8 Å². The van der Waals surface area contributed by atoms with Gasteiger partial charge in [0.05, 0.1) is 6.61 Å². The van der Waals surface area contributed by atoms with Gasteiger partial charge in [-0.1, -0.05) is 86.5 Å². The van der Waals surface area contributed by atoms with Crippen LogP contribution >= 0.6 is 0 Å². The van der Waals surface area contributed by atoms with Gasteiger partial charge in [-0.3, -0.25) is 0 Å². The lowest BCUT2D eigenvalue weighted by atomic mass is 9.62. The van der Waals surface area contributed by atoms with Crippen LogP contribution in [0.25, 0.3) is 10.4 Å². The molecule has 45 heavy (non-hydrogen) atoms. The Morgan fingerprint density at radius 1 is 0.978 bits per heavy atom. The molecule has 1 spiro atoms. The molecule has 5 rings (SSSR count). The third kappa shape index (κ3) is 5.66. The van der Waals surface area contributed by atoms with Crippen molar-refractivity contribution in [3.63, 3.8) is 0 Å². The summed E-state index contributed by atoms with van der Waals surface area (Å²) in [4.78, 5) is 16.6. The first-order valence-corrected chi connectivity index (χ1v) is 17.2. The molecular weight excluding hydrogens is 594 g/mol. The van der Waals surface area contributed by atoms with E-state index in [0.29, 0.717) is 6.29 Å². The molecule has 244 valence electrons. The fourth-order valence-corrected chi connectivity index (χ4v) is 12.1. The van der Waals surface area contributed by atoms with Gasteiger partial charge in [-0.15, -0.1) is 0 Å². The monoisotopic (exact) mass is 639 g/mol. The van der Waals surface area contributed by atoms with Crippen LogP contribution in [0, 0.1) is 5.92 Å². The third-order valence-corrected chi connectivity index (χ3v) is 14.2. The van der Waals surface area contributed by atoms with Crippen LogP contribution in [0.5, 0.6) is 0 Å². The number of methoxy groups -OCH3 is 1. The van der Waals surface area contributed by atoms with Crippen LogP contribution < -0.4 is 10.4 Å². The standard InChI is InChI=1S/C33H45N3O8Si/c1-29(2,3)45(23-15-11-9-12-16-23,24-17-13-10-14-18-24)41-19-25-26(39-22-38-8)33(21-40-30(4,5)44-33)28-27(42-31(6,7)43-28)32(25,20-37)35-36-34/h9-18,20,25-28H,19,21-22H2,1-8H3/t25-,26+,27+,28-,32+,33?/m0/s1. The van der Waals surface area contributed by atoms with Crippen molar-refractivity contribution in [2.24, 2.45) is 11.0 Å². The Morgan fingerprint density at radius 2 is 1.56 bits per heavy atom. The summed E-state index contributed by atoms with van der Waals surface area (Å²) in [6, 6.07) is 20.4. The molecule has 1 unspecified atom stereocenters. The number of benzene rings is 2. The van der Waals surface area contributed by atoms with Gasteiger partial charge in [0.1, 0.15) is 36.9 Å². The Labute approximate surface area is 266 Å². The topological polar surface area (TPSA) is 130 Å². The minimum Gasteiger partial charge on any atom is -0.407 e. The maximum atomic E-state index is 13.4. The molecule has 2 saturated heterocycles. The molecule has 3 aliphatic rings. The molecule has 3 fully saturated rings. The molecule has 12 heteroatoms.